The van der Waals surface area contributed by atoms with Gasteiger partial charge in [0.2, 0.25) is 0 Å². The fourth-order valence-corrected chi connectivity index (χ4v) is 1.60. The van der Waals surface area contributed by atoms with Crippen molar-refractivity contribution in [3.8, 4) is 6.07 Å². The topological polar surface area (TPSA) is 80.0 Å². The summed E-state index contributed by atoms with van der Waals surface area (Å²) in [6.07, 6.45) is -0.837. The Kier molecular flexibility index (Phi) is 2.42. The van der Waals surface area contributed by atoms with Crippen LogP contribution in [0.2, 0.25) is 0 Å². The normalized spacial score (nSPS) is 14.7. The van der Waals surface area contributed by atoms with Crippen LogP contribution in [0, 0.1) is 11.3 Å². The van der Waals surface area contributed by atoms with E-state index in [1.165, 1.54) is 0 Å². The summed E-state index contributed by atoms with van der Waals surface area (Å²) in [7, 11) is 0. The van der Waals surface area contributed by atoms with Gasteiger partial charge in [0.25, 0.3) is 0 Å². The summed E-state index contributed by atoms with van der Waals surface area (Å²) in [6, 6.07) is 8.83. The minimum absolute atomic E-state index is 0.534. The van der Waals surface area contributed by atoms with Gasteiger partial charge in [-0.2, -0.15) is 5.26 Å². The molecular formula is C11H10N2O2. The van der Waals surface area contributed by atoms with E-state index in [0.717, 1.165) is 10.9 Å². The van der Waals surface area contributed by atoms with Crippen LogP contribution < -0.4 is 0 Å². The van der Waals surface area contributed by atoms with E-state index in [4.69, 9.17) is 5.26 Å². The highest BCUT2D eigenvalue weighted by Crippen LogP contribution is 2.24. The maximum absolute atomic E-state index is 9.71. The van der Waals surface area contributed by atoms with Crippen LogP contribution in [0.25, 0.3) is 10.9 Å². The molecule has 1 aromatic carbocycles. The molecule has 2 rings (SSSR count). The Bertz CT molecular complexity index is 513. The fraction of sp³-hybridized carbons (Fsp3) is 0.182. The number of hydrogen-bond donors (Lipinski definition) is 3. The van der Waals surface area contributed by atoms with Crippen LogP contribution in [0.15, 0.2) is 30.5 Å². The van der Waals surface area contributed by atoms with E-state index in [1.807, 2.05) is 12.1 Å². The van der Waals surface area contributed by atoms with Gasteiger partial charge in [-0.15, -0.1) is 0 Å². The van der Waals surface area contributed by atoms with Gasteiger partial charge >= 0.3 is 0 Å². The number of hydrogen-bond acceptors (Lipinski definition) is 3. The van der Waals surface area contributed by atoms with Crippen LogP contribution in [0.4, 0.5) is 0 Å². The smallest absolute Gasteiger partial charge is 0.170 e. The standard InChI is InChI=1S/C11H10N2O2/c12-6-9(14)11(15)8-3-1-2-7-4-5-13-10(7)8/h1-5,9,11,13-15H. The fourth-order valence-electron chi connectivity index (χ4n) is 1.60. The monoisotopic (exact) mass is 202 g/mol. The second kappa shape index (κ2) is 3.73. The van der Waals surface area contributed by atoms with E-state index in [1.54, 1.807) is 24.4 Å². The molecule has 2 unspecified atom stereocenters. The Morgan fingerprint density at radius 2 is 2.07 bits per heavy atom. The van der Waals surface area contributed by atoms with Crippen molar-refractivity contribution in [2.75, 3.05) is 0 Å². The molecule has 1 heterocycles. The van der Waals surface area contributed by atoms with Crippen LogP contribution in [-0.2, 0) is 0 Å². The third-order valence-corrected chi connectivity index (χ3v) is 2.37. The number of aromatic nitrogens is 1. The number of aliphatic hydroxyl groups excluding tert-OH is 2. The van der Waals surface area contributed by atoms with Crippen molar-refractivity contribution in [3.05, 3.63) is 36.0 Å². The molecule has 0 radical (unpaired) electrons. The molecule has 4 heteroatoms. The summed E-state index contributed by atoms with van der Waals surface area (Å²) in [5, 5.41) is 28.4. The molecule has 0 aliphatic carbocycles. The molecule has 2 aromatic rings. The molecule has 1 aromatic heterocycles. The Labute approximate surface area is 86.4 Å². The van der Waals surface area contributed by atoms with Gasteiger partial charge in [0.05, 0.1) is 11.6 Å². The van der Waals surface area contributed by atoms with E-state index in [0.29, 0.717) is 5.56 Å². The van der Waals surface area contributed by atoms with Crippen molar-refractivity contribution >= 4 is 10.9 Å². The first-order valence-electron chi connectivity index (χ1n) is 4.56. The zero-order chi connectivity index (χ0) is 10.8. The lowest BCUT2D eigenvalue weighted by Gasteiger charge is -2.12. The molecule has 4 nitrogen and oxygen atoms in total. The van der Waals surface area contributed by atoms with Crippen molar-refractivity contribution in [2.24, 2.45) is 0 Å². The van der Waals surface area contributed by atoms with E-state index in [9.17, 15) is 10.2 Å². The number of nitrogens with zero attached hydrogens (tertiary/aromatic N) is 1. The Morgan fingerprint density at radius 3 is 2.80 bits per heavy atom. The lowest BCUT2D eigenvalue weighted by atomic mass is 10.0. The summed E-state index contributed by atoms with van der Waals surface area (Å²) in [6.45, 7) is 0. The molecule has 0 fully saturated rings. The highest BCUT2D eigenvalue weighted by molar-refractivity contribution is 5.82. The van der Waals surface area contributed by atoms with Gasteiger partial charge in [-0.1, -0.05) is 18.2 Å². The van der Waals surface area contributed by atoms with Crippen molar-refractivity contribution in [3.63, 3.8) is 0 Å². The predicted octanol–water partition coefficient (Wildman–Crippen LogP) is 1.09. The molecule has 15 heavy (non-hydrogen) atoms. The average molecular weight is 202 g/mol. The zero-order valence-electron chi connectivity index (χ0n) is 7.88. The number of aromatic amines is 1. The maximum atomic E-state index is 9.71. The molecule has 76 valence electrons. The molecular weight excluding hydrogens is 192 g/mol. The van der Waals surface area contributed by atoms with E-state index >= 15 is 0 Å². The molecule has 0 saturated carbocycles. The number of benzene rings is 1. The Balaban J connectivity index is 2.52. The van der Waals surface area contributed by atoms with Gasteiger partial charge in [0.1, 0.15) is 6.10 Å². The largest absolute Gasteiger partial charge is 0.384 e. The van der Waals surface area contributed by atoms with Gasteiger partial charge in [0.15, 0.2) is 6.10 Å². The molecule has 0 bridgehead atoms. The molecule has 0 aliphatic rings. The minimum atomic E-state index is -1.40. The minimum Gasteiger partial charge on any atom is -0.384 e. The molecule has 0 saturated heterocycles. The number of para-hydroxylation sites is 1. The molecule has 2 atom stereocenters. The third-order valence-electron chi connectivity index (χ3n) is 2.37. The van der Waals surface area contributed by atoms with E-state index in [2.05, 4.69) is 4.98 Å². The summed E-state index contributed by atoms with van der Waals surface area (Å²) in [5.41, 5.74) is 1.28. The molecule has 0 spiro atoms. The van der Waals surface area contributed by atoms with Crippen LogP contribution in [0.3, 0.4) is 0 Å². The van der Waals surface area contributed by atoms with Gasteiger partial charge < -0.3 is 15.2 Å². The summed E-state index contributed by atoms with van der Waals surface area (Å²) in [4.78, 5) is 2.97. The van der Waals surface area contributed by atoms with Crippen molar-refractivity contribution in [1.29, 1.82) is 5.26 Å². The molecule has 3 N–H and O–H groups in total. The molecule has 0 amide bonds. The van der Waals surface area contributed by atoms with Gasteiger partial charge in [-0.05, 0) is 11.5 Å². The zero-order valence-corrected chi connectivity index (χ0v) is 7.88. The van der Waals surface area contributed by atoms with Gasteiger partial charge in [-0.25, -0.2) is 0 Å². The number of H-pyrrole nitrogens is 1. The van der Waals surface area contributed by atoms with Crippen molar-refractivity contribution in [2.45, 2.75) is 12.2 Å². The first kappa shape index (κ1) is 9.71. The number of rotatable bonds is 2. The van der Waals surface area contributed by atoms with Crippen LogP contribution in [0.5, 0.6) is 0 Å². The lowest BCUT2D eigenvalue weighted by Crippen LogP contribution is -2.16. The van der Waals surface area contributed by atoms with Crippen molar-refractivity contribution in [1.82, 2.24) is 4.98 Å². The Hall–Kier alpha value is -1.83. The number of nitriles is 1. The third kappa shape index (κ3) is 1.59. The van der Waals surface area contributed by atoms with E-state index in [-0.39, 0.29) is 0 Å². The van der Waals surface area contributed by atoms with E-state index < -0.39 is 12.2 Å². The second-order valence-electron chi connectivity index (χ2n) is 3.31. The highest BCUT2D eigenvalue weighted by atomic mass is 16.3. The first-order chi connectivity index (χ1) is 7.24. The maximum Gasteiger partial charge on any atom is 0.170 e. The van der Waals surface area contributed by atoms with Gasteiger partial charge in [0, 0.05) is 11.8 Å². The lowest BCUT2D eigenvalue weighted by molar-refractivity contribution is 0.0537. The van der Waals surface area contributed by atoms with Crippen LogP contribution in [0.1, 0.15) is 11.7 Å². The van der Waals surface area contributed by atoms with Crippen LogP contribution >= 0.6 is 0 Å². The predicted molar refractivity (Wildman–Crippen MR) is 54.9 cm³/mol. The van der Waals surface area contributed by atoms with Gasteiger partial charge in [-0.3, -0.25) is 0 Å². The Morgan fingerprint density at radius 1 is 1.27 bits per heavy atom. The summed E-state index contributed by atoms with van der Waals surface area (Å²) < 4.78 is 0. The number of nitrogens with one attached hydrogen (secondary N) is 1. The van der Waals surface area contributed by atoms with Crippen LogP contribution in [-0.4, -0.2) is 21.3 Å². The molecule has 0 aliphatic heterocycles. The number of aliphatic hydroxyl groups is 2. The summed E-state index contributed by atoms with van der Waals surface area (Å²) >= 11 is 0. The number of fused-ring (bicyclic) bond motifs is 1. The quantitative estimate of drug-likeness (QED) is 0.637. The summed E-state index contributed by atoms with van der Waals surface area (Å²) in [5.74, 6) is 0. The average Bonchev–Trinajstić information content (AvgIpc) is 2.74. The second-order valence-corrected chi connectivity index (χ2v) is 3.31. The highest BCUT2D eigenvalue weighted by Gasteiger charge is 2.19. The van der Waals surface area contributed by atoms with Crippen molar-refractivity contribution < 1.29 is 10.2 Å². The SMILES string of the molecule is N#CC(O)C(O)c1cccc2cc[nH]c12. The first-order valence-corrected chi connectivity index (χ1v) is 4.56.